The van der Waals surface area contributed by atoms with Crippen LogP contribution >= 0.6 is 0 Å². The van der Waals surface area contributed by atoms with E-state index < -0.39 is 0 Å². The predicted molar refractivity (Wildman–Crippen MR) is 99.1 cm³/mol. The van der Waals surface area contributed by atoms with Crippen molar-refractivity contribution in [3.63, 3.8) is 0 Å². The summed E-state index contributed by atoms with van der Waals surface area (Å²) in [5.41, 5.74) is 6.70. The Balaban J connectivity index is 2.15. The second kappa shape index (κ2) is 6.91. The zero-order valence-corrected chi connectivity index (χ0v) is 14.3. The lowest BCUT2D eigenvalue weighted by molar-refractivity contribution is 0.414. The van der Waals surface area contributed by atoms with Gasteiger partial charge >= 0.3 is 0 Å². The molecule has 0 aromatic heterocycles. The summed E-state index contributed by atoms with van der Waals surface area (Å²) >= 11 is 0. The van der Waals surface area contributed by atoms with E-state index in [9.17, 15) is 0 Å². The Kier molecular flexibility index (Phi) is 4.71. The molecule has 120 valence electrons. The highest BCUT2D eigenvalue weighted by Gasteiger charge is 2.23. The molecule has 1 aliphatic rings. The predicted octanol–water partition coefficient (Wildman–Crippen LogP) is 5.52. The van der Waals surface area contributed by atoms with Gasteiger partial charge in [-0.3, -0.25) is 0 Å². The Hall–Kier alpha value is -2.22. The Morgan fingerprint density at radius 3 is 2.78 bits per heavy atom. The van der Waals surface area contributed by atoms with Crippen molar-refractivity contribution in [2.45, 2.75) is 33.2 Å². The third-order valence-corrected chi connectivity index (χ3v) is 4.48. The number of fused-ring (bicyclic) bond motifs is 3. The number of para-hydroxylation sites is 1. The number of nitrogens with zero attached hydrogens (tertiary/aromatic N) is 1. The Morgan fingerprint density at radius 1 is 1.17 bits per heavy atom. The van der Waals surface area contributed by atoms with Gasteiger partial charge in [0.05, 0.1) is 12.8 Å². The summed E-state index contributed by atoms with van der Waals surface area (Å²) < 4.78 is 5.42. The van der Waals surface area contributed by atoms with Crippen LogP contribution in [0.2, 0.25) is 0 Å². The fourth-order valence-electron chi connectivity index (χ4n) is 3.36. The number of hydrogen-bond acceptors (Lipinski definition) is 2. The molecule has 1 heterocycles. The summed E-state index contributed by atoms with van der Waals surface area (Å²) in [6.07, 6.45) is 6.76. The van der Waals surface area contributed by atoms with Gasteiger partial charge in [-0.15, -0.1) is 0 Å². The minimum absolute atomic E-state index is 0.937. The SMILES string of the molecule is C/C=C/c1cccc2c1N(CCCC)Cc1cc(OC)ccc1-2. The highest BCUT2D eigenvalue weighted by molar-refractivity contribution is 5.89. The Labute approximate surface area is 139 Å². The van der Waals surface area contributed by atoms with Gasteiger partial charge < -0.3 is 9.64 Å². The quantitative estimate of drug-likeness (QED) is 0.721. The minimum Gasteiger partial charge on any atom is -0.497 e. The molecule has 0 aliphatic carbocycles. The van der Waals surface area contributed by atoms with Gasteiger partial charge in [0.25, 0.3) is 0 Å². The molecule has 0 spiro atoms. The highest BCUT2D eigenvalue weighted by atomic mass is 16.5. The topological polar surface area (TPSA) is 12.5 Å². The second-order valence-electron chi connectivity index (χ2n) is 6.04. The molecular formula is C21H25NO. The minimum atomic E-state index is 0.937. The molecule has 0 saturated heterocycles. The largest absolute Gasteiger partial charge is 0.497 e. The van der Waals surface area contributed by atoms with E-state index in [0.717, 1.165) is 18.8 Å². The van der Waals surface area contributed by atoms with Crippen molar-refractivity contribution in [1.82, 2.24) is 0 Å². The molecule has 0 saturated carbocycles. The molecule has 0 N–H and O–H groups in total. The van der Waals surface area contributed by atoms with Crippen LogP contribution in [0, 0.1) is 0 Å². The third-order valence-electron chi connectivity index (χ3n) is 4.48. The molecule has 2 aromatic carbocycles. The van der Waals surface area contributed by atoms with Gasteiger partial charge in [0.15, 0.2) is 0 Å². The monoisotopic (exact) mass is 307 g/mol. The van der Waals surface area contributed by atoms with Gasteiger partial charge in [0.1, 0.15) is 5.75 Å². The van der Waals surface area contributed by atoms with Crippen molar-refractivity contribution in [3.8, 4) is 16.9 Å². The number of unbranched alkanes of at least 4 members (excludes halogenated alkanes) is 1. The molecule has 0 unspecified atom stereocenters. The smallest absolute Gasteiger partial charge is 0.119 e. The lowest BCUT2D eigenvalue weighted by atomic mass is 9.90. The number of rotatable bonds is 5. The maximum atomic E-state index is 5.42. The molecule has 0 fully saturated rings. The molecule has 2 aromatic rings. The lowest BCUT2D eigenvalue weighted by Gasteiger charge is -2.34. The molecule has 0 atom stereocenters. The molecule has 0 amide bonds. The van der Waals surface area contributed by atoms with Crippen LogP contribution in [0.15, 0.2) is 42.5 Å². The van der Waals surface area contributed by atoms with Crippen molar-refractivity contribution in [1.29, 1.82) is 0 Å². The first kappa shape index (κ1) is 15.7. The molecule has 3 rings (SSSR count). The first-order chi connectivity index (χ1) is 11.3. The highest BCUT2D eigenvalue weighted by Crippen LogP contribution is 2.42. The molecule has 2 heteroatoms. The molecule has 2 nitrogen and oxygen atoms in total. The normalized spacial score (nSPS) is 13.1. The molecule has 1 aliphatic heterocycles. The van der Waals surface area contributed by atoms with Crippen LogP contribution in [0.5, 0.6) is 5.75 Å². The summed E-state index contributed by atoms with van der Waals surface area (Å²) in [6.45, 7) is 6.37. The van der Waals surface area contributed by atoms with Crippen molar-refractivity contribution >= 4 is 11.8 Å². The number of methoxy groups -OCH3 is 1. The second-order valence-corrected chi connectivity index (χ2v) is 6.04. The summed E-state index contributed by atoms with van der Waals surface area (Å²) in [5, 5.41) is 0. The zero-order valence-electron chi connectivity index (χ0n) is 14.3. The zero-order chi connectivity index (χ0) is 16.2. The molecule has 23 heavy (non-hydrogen) atoms. The van der Waals surface area contributed by atoms with E-state index in [1.165, 1.54) is 40.8 Å². The number of hydrogen-bond donors (Lipinski definition) is 0. The van der Waals surface area contributed by atoms with Crippen molar-refractivity contribution in [3.05, 3.63) is 53.6 Å². The Bertz CT molecular complexity index is 718. The van der Waals surface area contributed by atoms with Crippen molar-refractivity contribution < 1.29 is 4.74 Å². The fourth-order valence-corrected chi connectivity index (χ4v) is 3.36. The van der Waals surface area contributed by atoms with E-state index in [1.54, 1.807) is 7.11 Å². The van der Waals surface area contributed by atoms with Crippen molar-refractivity contribution in [2.24, 2.45) is 0 Å². The summed E-state index contributed by atoms with van der Waals surface area (Å²) in [4.78, 5) is 2.52. The Morgan fingerprint density at radius 2 is 2.04 bits per heavy atom. The molecule has 0 bridgehead atoms. The van der Waals surface area contributed by atoms with Crippen molar-refractivity contribution in [2.75, 3.05) is 18.6 Å². The first-order valence-corrected chi connectivity index (χ1v) is 8.46. The number of allylic oxidation sites excluding steroid dienone is 1. The van der Waals surface area contributed by atoms with Crippen LogP contribution in [0.4, 0.5) is 5.69 Å². The van der Waals surface area contributed by atoms with Gasteiger partial charge in [-0.1, -0.05) is 49.8 Å². The van der Waals surface area contributed by atoms with E-state index in [-0.39, 0.29) is 0 Å². The van der Waals surface area contributed by atoms with E-state index >= 15 is 0 Å². The maximum Gasteiger partial charge on any atom is 0.119 e. The van der Waals surface area contributed by atoms with Gasteiger partial charge in [-0.2, -0.15) is 0 Å². The third kappa shape index (κ3) is 2.98. The van der Waals surface area contributed by atoms with E-state index in [2.05, 4.69) is 67.3 Å². The van der Waals surface area contributed by atoms with Crippen LogP contribution < -0.4 is 9.64 Å². The van der Waals surface area contributed by atoms with E-state index in [0.29, 0.717) is 0 Å². The van der Waals surface area contributed by atoms with E-state index in [4.69, 9.17) is 4.74 Å². The van der Waals surface area contributed by atoms with Crippen LogP contribution in [0.3, 0.4) is 0 Å². The van der Waals surface area contributed by atoms with Gasteiger partial charge in [0.2, 0.25) is 0 Å². The average molecular weight is 307 g/mol. The van der Waals surface area contributed by atoms with E-state index in [1.807, 2.05) is 0 Å². The van der Waals surface area contributed by atoms with Gasteiger partial charge in [-0.05, 0) is 42.2 Å². The summed E-state index contributed by atoms with van der Waals surface area (Å²) in [7, 11) is 1.73. The van der Waals surface area contributed by atoms with Crippen LogP contribution in [-0.2, 0) is 6.54 Å². The van der Waals surface area contributed by atoms with Gasteiger partial charge in [0, 0.05) is 18.7 Å². The summed E-state index contributed by atoms with van der Waals surface area (Å²) in [6, 6.07) is 13.1. The lowest BCUT2D eigenvalue weighted by Crippen LogP contribution is -2.28. The van der Waals surface area contributed by atoms with Gasteiger partial charge in [-0.25, -0.2) is 0 Å². The van der Waals surface area contributed by atoms with Crippen LogP contribution in [-0.4, -0.2) is 13.7 Å². The fraction of sp³-hybridized carbons (Fsp3) is 0.333. The average Bonchev–Trinajstić information content (AvgIpc) is 2.59. The first-order valence-electron chi connectivity index (χ1n) is 8.46. The number of benzene rings is 2. The maximum absolute atomic E-state index is 5.42. The number of anilines is 1. The number of ether oxygens (including phenoxy) is 1. The van der Waals surface area contributed by atoms with Crippen LogP contribution in [0.1, 0.15) is 37.8 Å². The standard InChI is InChI=1S/C21H25NO/c1-4-6-13-22-15-17-14-18(23-3)11-12-19(17)20-10-7-9-16(8-5-2)21(20)22/h5,7-12,14H,4,6,13,15H2,1-3H3/b8-5+. The summed E-state index contributed by atoms with van der Waals surface area (Å²) in [5.74, 6) is 0.937. The van der Waals surface area contributed by atoms with Crippen LogP contribution in [0.25, 0.3) is 17.2 Å². The molecular weight excluding hydrogens is 282 g/mol. The molecule has 0 radical (unpaired) electrons.